The van der Waals surface area contributed by atoms with E-state index < -0.39 is 12.0 Å². The summed E-state index contributed by atoms with van der Waals surface area (Å²) in [6.45, 7) is 2.47. The highest BCUT2D eigenvalue weighted by atomic mass is 35.5. The topological polar surface area (TPSA) is 54.5 Å². The standard InChI is InChI=1S/C21H17ClFN3O2/c1-2-28-15-8-6-14(7-9-15)26-20(19-16(21(26)27)4-3-11-24-19)25-13-5-10-18(23)17(22)12-13/h3-12,20,25H,2H2,1H3/t20-/m0/s1. The Morgan fingerprint density at radius 1 is 1.21 bits per heavy atom. The summed E-state index contributed by atoms with van der Waals surface area (Å²) in [5.41, 5.74) is 2.39. The third-order valence-corrected chi connectivity index (χ3v) is 4.74. The molecule has 1 atom stereocenters. The van der Waals surface area contributed by atoms with Crippen molar-refractivity contribution < 1.29 is 13.9 Å². The molecule has 2 aromatic carbocycles. The number of pyridine rings is 1. The summed E-state index contributed by atoms with van der Waals surface area (Å²) in [6.07, 6.45) is 1.09. The molecule has 0 fully saturated rings. The molecule has 0 aliphatic carbocycles. The van der Waals surface area contributed by atoms with Crippen LogP contribution >= 0.6 is 11.6 Å². The highest BCUT2D eigenvalue weighted by Gasteiger charge is 2.39. The fourth-order valence-electron chi connectivity index (χ4n) is 3.20. The third kappa shape index (κ3) is 3.27. The average molecular weight is 398 g/mol. The number of aromatic nitrogens is 1. The van der Waals surface area contributed by atoms with Crippen LogP contribution in [0.4, 0.5) is 15.8 Å². The van der Waals surface area contributed by atoms with Crippen LogP contribution in [0.3, 0.4) is 0 Å². The Morgan fingerprint density at radius 2 is 2.00 bits per heavy atom. The lowest BCUT2D eigenvalue weighted by Crippen LogP contribution is -2.32. The van der Waals surface area contributed by atoms with Crippen molar-refractivity contribution in [2.45, 2.75) is 13.1 Å². The van der Waals surface area contributed by atoms with E-state index in [1.54, 1.807) is 29.3 Å². The van der Waals surface area contributed by atoms with Crippen molar-refractivity contribution >= 4 is 28.9 Å². The first kappa shape index (κ1) is 18.3. The molecule has 0 radical (unpaired) electrons. The molecule has 4 rings (SSSR count). The van der Waals surface area contributed by atoms with Crippen molar-refractivity contribution in [2.24, 2.45) is 0 Å². The van der Waals surface area contributed by atoms with Crippen molar-refractivity contribution in [1.82, 2.24) is 4.98 Å². The van der Waals surface area contributed by atoms with Crippen LogP contribution in [0, 0.1) is 5.82 Å². The summed E-state index contributed by atoms with van der Waals surface area (Å²) in [4.78, 5) is 19.1. The Balaban J connectivity index is 1.72. The molecule has 0 saturated carbocycles. The number of rotatable bonds is 5. The second kappa shape index (κ2) is 7.48. The number of halogens is 2. The fourth-order valence-corrected chi connectivity index (χ4v) is 3.38. The third-order valence-electron chi connectivity index (χ3n) is 4.45. The number of anilines is 2. The first-order valence-corrected chi connectivity index (χ1v) is 9.19. The van der Waals surface area contributed by atoms with E-state index >= 15 is 0 Å². The van der Waals surface area contributed by atoms with E-state index in [0.29, 0.717) is 29.2 Å². The minimum atomic E-state index is -0.553. The van der Waals surface area contributed by atoms with Gasteiger partial charge in [0.15, 0.2) is 6.17 Å². The van der Waals surface area contributed by atoms with Crippen molar-refractivity contribution in [1.29, 1.82) is 0 Å². The quantitative estimate of drug-likeness (QED) is 0.655. The lowest BCUT2D eigenvalue weighted by Gasteiger charge is -2.26. The largest absolute Gasteiger partial charge is 0.494 e. The van der Waals surface area contributed by atoms with E-state index in [-0.39, 0.29) is 10.9 Å². The van der Waals surface area contributed by atoms with Gasteiger partial charge in [-0.1, -0.05) is 11.6 Å². The minimum Gasteiger partial charge on any atom is -0.494 e. The van der Waals surface area contributed by atoms with Gasteiger partial charge in [0.25, 0.3) is 5.91 Å². The number of amides is 1. The molecule has 0 saturated heterocycles. The summed E-state index contributed by atoms with van der Waals surface area (Å²) in [5, 5.41) is 3.25. The molecule has 142 valence electrons. The maximum absolute atomic E-state index is 13.5. The summed E-state index contributed by atoms with van der Waals surface area (Å²) in [6, 6.07) is 15.1. The monoisotopic (exact) mass is 397 g/mol. The van der Waals surface area contributed by atoms with Crippen molar-refractivity contribution in [3.63, 3.8) is 0 Å². The number of hydrogen-bond donors (Lipinski definition) is 1. The van der Waals surface area contributed by atoms with Gasteiger partial charge in [0.05, 0.1) is 22.9 Å². The zero-order chi connectivity index (χ0) is 19.7. The number of hydrogen-bond acceptors (Lipinski definition) is 4. The van der Waals surface area contributed by atoms with Gasteiger partial charge >= 0.3 is 0 Å². The van der Waals surface area contributed by atoms with E-state index in [9.17, 15) is 9.18 Å². The van der Waals surface area contributed by atoms with E-state index in [4.69, 9.17) is 16.3 Å². The molecule has 2 heterocycles. The Hall–Kier alpha value is -3.12. The predicted molar refractivity (Wildman–Crippen MR) is 106 cm³/mol. The summed E-state index contributed by atoms with van der Waals surface area (Å²) >= 11 is 5.90. The van der Waals surface area contributed by atoms with E-state index in [1.165, 1.54) is 12.1 Å². The molecule has 0 spiro atoms. The van der Waals surface area contributed by atoms with Crippen molar-refractivity contribution in [3.8, 4) is 5.75 Å². The molecule has 3 aromatic rings. The fraction of sp³-hybridized carbons (Fsp3) is 0.143. The highest BCUT2D eigenvalue weighted by Crippen LogP contribution is 2.37. The second-order valence-electron chi connectivity index (χ2n) is 6.21. The number of fused-ring (bicyclic) bond motifs is 1. The molecular formula is C21H17ClFN3O2. The molecule has 1 aliphatic rings. The Labute approximate surface area is 166 Å². The average Bonchev–Trinajstić information content (AvgIpc) is 2.98. The molecule has 1 N–H and O–H groups in total. The van der Waals surface area contributed by atoms with Crippen LogP contribution in [0.1, 0.15) is 29.1 Å². The predicted octanol–water partition coefficient (Wildman–Crippen LogP) is 5.04. The molecule has 5 nitrogen and oxygen atoms in total. The first-order chi connectivity index (χ1) is 13.6. The van der Waals surface area contributed by atoms with Crippen LogP contribution in [0.15, 0.2) is 60.8 Å². The molecule has 0 unspecified atom stereocenters. The Morgan fingerprint density at radius 3 is 2.71 bits per heavy atom. The summed E-state index contributed by atoms with van der Waals surface area (Å²) < 4.78 is 19.0. The van der Waals surface area contributed by atoms with E-state index in [1.807, 2.05) is 31.2 Å². The summed E-state index contributed by atoms with van der Waals surface area (Å²) in [7, 11) is 0. The Kier molecular flexibility index (Phi) is 4.88. The smallest absolute Gasteiger partial charge is 0.262 e. The van der Waals surface area contributed by atoms with Gasteiger partial charge in [-0.3, -0.25) is 14.7 Å². The van der Waals surface area contributed by atoms with Crippen LogP contribution in [0.2, 0.25) is 5.02 Å². The van der Waals surface area contributed by atoms with Gasteiger partial charge < -0.3 is 10.1 Å². The zero-order valence-electron chi connectivity index (χ0n) is 15.0. The van der Waals surface area contributed by atoms with Gasteiger partial charge in [-0.15, -0.1) is 0 Å². The number of nitrogens with one attached hydrogen (secondary N) is 1. The van der Waals surface area contributed by atoms with Gasteiger partial charge in [0.1, 0.15) is 11.6 Å². The van der Waals surface area contributed by atoms with Crippen LogP contribution in [0.5, 0.6) is 5.75 Å². The molecule has 7 heteroatoms. The highest BCUT2D eigenvalue weighted by molar-refractivity contribution is 6.31. The zero-order valence-corrected chi connectivity index (χ0v) is 15.8. The lowest BCUT2D eigenvalue weighted by atomic mass is 10.2. The van der Waals surface area contributed by atoms with Crippen LogP contribution in [-0.2, 0) is 0 Å². The number of ether oxygens (including phenoxy) is 1. The number of carbonyl (C=O) groups excluding carboxylic acids is 1. The number of benzene rings is 2. The SMILES string of the molecule is CCOc1ccc(N2C(=O)c3cccnc3[C@H]2Nc2ccc(F)c(Cl)c2)cc1. The van der Waals surface area contributed by atoms with Crippen LogP contribution in [-0.4, -0.2) is 17.5 Å². The molecule has 1 amide bonds. The van der Waals surface area contributed by atoms with Gasteiger partial charge in [0, 0.05) is 17.6 Å². The van der Waals surface area contributed by atoms with Gasteiger partial charge in [-0.2, -0.15) is 0 Å². The molecule has 1 aliphatic heterocycles. The van der Waals surface area contributed by atoms with Gasteiger partial charge in [-0.05, 0) is 61.5 Å². The molecule has 28 heavy (non-hydrogen) atoms. The van der Waals surface area contributed by atoms with Gasteiger partial charge in [0.2, 0.25) is 0 Å². The summed E-state index contributed by atoms with van der Waals surface area (Å²) in [5.74, 6) is 0.0536. The molecular weight excluding hydrogens is 381 g/mol. The number of nitrogens with zero attached hydrogens (tertiary/aromatic N) is 2. The molecule has 0 bridgehead atoms. The van der Waals surface area contributed by atoms with E-state index in [2.05, 4.69) is 10.3 Å². The van der Waals surface area contributed by atoms with Crippen molar-refractivity contribution in [3.05, 3.63) is 82.9 Å². The number of carbonyl (C=O) groups is 1. The maximum atomic E-state index is 13.5. The second-order valence-corrected chi connectivity index (χ2v) is 6.62. The van der Waals surface area contributed by atoms with Gasteiger partial charge in [-0.25, -0.2) is 4.39 Å². The van der Waals surface area contributed by atoms with Crippen molar-refractivity contribution in [2.75, 3.05) is 16.8 Å². The minimum absolute atomic E-state index is 0.00295. The van der Waals surface area contributed by atoms with Crippen LogP contribution in [0.25, 0.3) is 0 Å². The maximum Gasteiger partial charge on any atom is 0.262 e. The normalized spacial score (nSPS) is 15.5. The Bertz CT molecular complexity index is 1030. The van der Waals surface area contributed by atoms with Crippen LogP contribution < -0.4 is 15.0 Å². The van der Waals surface area contributed by atoms with E-state index in [0.717, 1.165) is 5.75 Å². The molecule has 1 aromatic heterocycles. The lowest BCUT2D eigenvalue weighted by molar-refractivity contribution is 0.0993. The first-order valence-electron chi connectivity index (χ1n) is 8.81.